The molecule has 0 unspecified atom stereocenters. The Hall–Kier alpha value is -2.41. The second-order valence-corrected chi connectivity index (χ2v) is 8.23. The molecule has 29 heavy (non-hydrogen) atoms. The number of aryl methyl sites for hydroxylation is 1. The van der Waals surface area contributed by atoms with E-state index in [1.54, 1.807) is 19.1 Å². The third-order valence-electron chi connectivity index (χ3n) is 4.18. The third-order valence-corrected chi connectivity index (χ3v) is 4.44. The Morgan fingerprint density at radius 2 is 1.90 bits per heavy atom. The Balaban J connectivity index is 1.95. The summed E-state index contributed by atoms with van der Waals surface area (Å²) in [7, 11) is 0. The summed E-state index contributed by atoms with van der Waals surface area (Å²) in [5, 5.41) is 4.61. The van der Waals surface area contributed by atoms with E-state index in [9.17, 15) is 9.59 Å². The summed E-state index contributed by atoms with van der Waals surface area (Å²) in [6, 6.07) is 7.18. The molecule has 0 aliphatic carbocycles. The van der Waals surface area contributed by atoms with E-state index in [0.717, 1.165) is 5.56 Å². The Bertz CT molecular complexity index is 812. The van der Waals surface area contributed by atoms with Gasteiger partial charge < -0.3 is 14.2 Å². The van der Waals surface area contributed by atoms with Gasteiger partial charge in [-0.15, -0.1) is 0 Å². The molecule has 0 bridgehead atoms. The van der Waals surface area contributed by atoms with Gasteiger partial charge in [0, 0.05) is 29.8 Å². The molecule has 0 saturated heterocycles. The SMILES string of the molecule is CCOC(=O)CN(Cc1ccc(Cl)cc1)C(=O)CCCc1nc(C(C)(C)C)no1. The number of benzene rings is 1. The number of aromatic nitrogens is 2. The van der Waals surface area contributed by atoms with Crippen LogP contribution in [0, 0.1) is 0 Å². The maximum Gasteiger partial charge on any atom is 0.325 e. The van der Waals surface area contributed by atoms with Gasteiger partial charge in [-0.1, -0.05) is 49.7 Å². The average Bonchev–Trinajstić information content (AvgIpc) is 3.12. The van der Waals surface area contributed by atoms with Crippen LogP contribution in [0.1, 0.15) is 57.8 Å². The van der Waals surface area contributed by atoms with Gasteiger partial charge in [0.2, 0.25) is 11.8 Å². The number of carbonyl (C=O) groups is 2. The molecule has 1 aromatic carbocycles. The number of halogens is 1. The van der Waals surface area contributed by atoms with Crippen molar-refractivity contribution in [1.82, 2.24) is 15.0 Å². The van der Waals surface area contributed by atoms with Crippen LogP contribution in [0.5, 0.6) is 0 Å². The molecule has 1 heterocycles. The number of hydrogen-bond acceptors (Lipinski definition) is 6. The van der Waals surface area contributed by atoms with Crippen LogP contribution in [0.15, 0.2) is 28.8 Å². The highest BCUT2D eigenvalue weighted by molar-refractivity contribution is 6.30. The maximum absolute atomic E-state index is 12.7. The topological polar surface area (TPSA) is 85.5 Å². The summed E-state index contributed by atoms with van der Waals surface area (Å²) in [6.45, 7) is 8.25. The lowest BCUT2D eigenvalue weighted by atomic mass is 9.96. The molecule has 2 aromatic rings. The van der Waals surface area contributed by atoms with Crippen LogP contribution in [0.4, 0.5) is 0 Å². The van der Waals surface area contributed by atoms with E-state index in [2.05, 4.69) is 10.1 Å². The van der Waals surface area contributed by atoms with Crippen molar-refractivity contribution >= 4 is 23.5 Å². The molecule has 158 valence electrons. The highest BCUT2D eigenvalue weighted by Crippen LogP contribution is 2.19. The van der Waals surface area contributed by atoms with Crippen LogP contribution >= 0.6 is 11.6 Å². The Morgan fingerprint density at radius 3 is 2.48 bits per heavy atom. The zero-order valence-corrected chi connectivity index (χ0v) is 18.2. The number of rotatable bonds is 9. The lowest BCUT2D eigenvalue weighted by Crippen LogP contribution is -2.36. The Kier molecular flexibility index (Phi) is 8.20. The van der Waals surface area contributed by atoms with Crippen molar-refractivity contribution in [1.29, 1.82) is 0 Å². The molecule has 0 saturated carbocycles. The fourth-order valence-corrected chi connectivity index (χ4v) is 2.74. The maximum atomic E-state index is 12.7. The molecule has 0 radical (unpaired) electrons. The number of hydrogen-bond donors (Lipinski definition) is 0. The van der Waals surface area contributed by atoms with Crippen molar-refractivity contribution in [3.8, 4) is 0 Å². The molecule has 7 nitrogen and oxygen atoms in total. The quantitative estimate of drug-likeness (QED) is 0.570. The van der Waals surface area contributed by atoms with Crippen molar-refractivity contribution in [3.05, 3.63) is 46.6 Å². The fraction of sp³-hybridized carbons (Fsp3) is 0.524. The average molecular weight is 422 g/mol. The molecule has 1 aromatic heterocycles. The highest BCUT2D eigenvalue weighted by atomic mass is 35.5. The smallest absolute Gasteiger partial charge is 0.325 e. The van der Waals surface area contributed by atoms with Crippen LogP contribution in [0.3, 0.4) is 0 Å². The van der Waals surface area contributed by atoms with Gasteiger partial charge in [0.05, 0.1) is 6.61 Å². The standard InChI is InChI=1S/C21H28ClN3O4/c1-5-28-19(27)14-25(13-15-9-11-16(22)12-10-15)18(26)8-6-7-17-23-20(24-29-17)21(2,3)4/h9-12H,5-8,13-14H2,1-4H3. The minimum Gasteiger partial charge on any atom is -0.465 e. The summed E-state index contributed by atoms with van der Waals surface area (Å²) in [6.07, 6.45) is 1.31. The lowest BCUT2D eigenvalue weighted by Gasteiger charge is -2.22. The number of ether oxygens (including phenoxy) is 1. The number of carbonyl (C=O) groups excluding carboxylic acids is 2. The predicted octanol–water partition coefficient (Wildman–Crippen LogP) is 3.94. The van der Waals surface area contributed by atoms with Gasteiger partial charge in [0.15, 0.2) is 5.82 Å². The summed E-state index contributed by atoms with van der Waals surface area (Å²) in [4.78, 5) is 30.5. The lowest BCUT2D eigenvalue weighted by molar-refractivity contribution is -0.149. The van der Waals surface area contributed by atoms with Gasteiger partial charge >= 0.3 is 5.97 Å². The molecule has 0 spiro atoms. The highest BCUT2D eigenvalue weighted by Gasteiger charge is 2.22. The minimum absolute atomic E-state index is 0.0932. The fourth-order valence-electron chi connectivity index (χ4n) is 2.61. The van der Waals surface area contributed by atoms with E-state index >= 15 is 0 Å². The minimum atomic E-state index is -0.429. The van der Waals surface area contributed by atoms with Gasteiger partial charge in [-0.2, -0.15) is 4.98 Å². The van der Waals surface area contributed by atoms with Gasteiger partial charge in [-0.05, 0) is 31.0 Å². The van der Waals surface area contributed by atoms with Gasteiger partial charge in [-0.25, -0.2) is 0 Å². The second kappa shape index (κ2) is 10.4. The molecule has 0 N–H and O–H groups in total. The monoisotopic (exact) mass is 421 g/mol. The molecule has 8 heteroatoms. The van der Waals surface area contributed by atoms with Crippen molar-refractivity contribution in [3.63, 3.8) is 0 Å². The summed E-state index contributed by atoms with van der Waals surface area (Å²) in [5.41, 5.74) is 0.700. The Morgan fingerprint density at radius 1 is 1.21 bits per heavy atom. The molecular formula is C21H28ClN3O4. The van der Waals surface area contributed by atoms with Gasteiger partial charge in [-0.3, -0.25) is 9.59 Å². The molecule has 0 aliphatic heterocycles. The zero-order valence-electron chi connectivity index (χ0n) is 17.4. The van der Waals surface area contributed by atoms with Gasteiger partial charge in [0.1, 0.15) is 6.54 Å². The van der Waals surface area contributed by atoms with Crippen molar-refractivity contribution in [2.24, 2.45) is 0 Å². The van der Waals surface area contributed by atoms with Gasteiger partial charge in [0.25, 0.3) is 0 Å². The second-order valence-electron chi connectivity index (χ2n) is 7.80. The van der Waals surface area contributed by atoms with Crippen LogP contribution in [0.25, 0.3) is 0 Å². The van der Waals surface area contributed by atoms with Crippen LogP contribution in [-0.2, 0) is 32.7 Å². The summed E-state index contributed by atoms with van der Waals surface area (Å²) >= 11 is 5.92. The Labute approximate surface area is 176 Å². The first-order valence-electron chi connectivity index (χ1n) is 9.70. The first-order chi connectivity index (χ1) is 13.7. The van der Waals surface area contributed by atoms with Crippen LogP contribution in [-0.4, -0.2) is 40.1 Å². The number of nitrogens with zero attached hydrogens (tertiary/aromatic N) is 3. The molecule has 2 rings (SSSR count). The molecule has 1 amide bonds. The normalized spacial score (nSPS) is 11.3. The van der Waals surface area contributed by atoms with Crippen molar-refractivity contribution in [2.75, 3.05) is 13.2 Å². The largest absolute Gasteiger partial charge is 0.465 e. The van der Waals surface area contributed by atoms with Crippen molar-refractivity contribution in [2.45, 2.75) is 58.9 Å². The van der Waals surface area contributed by atoms with E-state index in [-0.39, 0.29) is 30.9 Å². The van der Waals surface area contributed by atoms with Crippen LogP contribution in [0.2, 0.25) is 5.02 Å². The molecular weight excluding hydrogens is 394 g/mol. The van der Waals surface area contributed by atoms with Crippen LogP contribution < -0.4 is 0 Å². The first-order valence-corrected chi connectivity index (χ1v) is 10.1. The van der Waals surface area contributed by atoms with Crippen molar-refractivity contribution < 1.29 is 18.8 Å². The molecule has 0 atom stereocenters. The summed E-state index contributed by atoms with van der Waals surface area (Å²) < 4.78 is 10.3. The van der Waals surface area contributed by atoms with E-state index in [0.29, 0.717) is 36.1 Å². The van der Waals surface area contributed by atoms with E-state index < -0.39 is 5.97 Å². The predicted molar refractivity (Wildman–Crippen MR) is 109 cm³/mol. The molecule has 0 aliphatic rings. The van der Waals surface area contributed by atoms with E-state index in [1.165, 1.54) is 4.90 Å². The zero-order chi connectivity index (χ0) is 21.4. The first kappa shape index (κ1) is 22.9. The third kappa shape index (κ3) is 7.49. The number of esters is 1. The van der Waals surface area contributed by atoms with E-state index in [4.69, 9.17) is 20.9 Å². The van der Waals surface area contributed by atoms with E-state index in [1.807, 2.05) is 32.9 Å². The number of amides is 1. The molecule has 0 fully saturated rings. The summed E-state index contributed by atoms with van der Waals surface area (Å²) in [5.74, 6) is 0.591.